The molecular weight excluding hydrogens is 374 g/mol. The Morgan fingerprint density at radius 1 is 1.19 bits per heavy atom. The number of nitro benzene ring substituents is 1. The van der Waals surface area contributed by atoms with E-state index in [9.17, 15) is 23.3 Å². The lowest BCUT2D eigenvalue weighted by Gasteiger charge is -2.16. The molecule has 0 bridgehead atoms. The molecule has 2 aromatic carbocycles. The van der Waals surface area contributed by atoms with Gasteiger partial charge in [0.1, 0.15) is 0 Å². The molecule has 0 saturated carbocycles. The third-order valence-electron chi connectivity index (χ3n) is 3.62. The number of sulfonamides is 1. The van der Waals surface area contributed by atoms with Crippen LogP contribution in [0.25, 0.3) is 0 Å². The van der Waals surface area contributed by atoms with Crippen molar-refractivity contribution in [3.63, 3.8) is 0 Å². The molecule has 0 unspecified atom stereocenters. The van der Waals surface area contributed by atoms with Crippen molar-refractivity contribution in [2.75, 3.05) is 19.4 Å². The lowest BCUT2D eigenvalue weighted by molar-refractivity contribution is -0.386. The van der Waals surface area contributed by atoms with Gasteiger partial charge in [0.05, 0.1) is 9.82 Å². The second-order valence-corrected chi connectivity index (χ2v) is 7.94. The van der Waals surface area contributed by atoms with E-state index in [0.29, 0.717) is 0 Å². The van der Waals surface area contributed by atoms with Crippen molar-refractivity contribution < 1.29 is 22.9 Å². The topological polar surface area (TPSA) is 119 Å². The van der Waals surface area contributed by atoms with Crippen molar-refractivity contribution in [3.8, 4) is 5.75 Å². The molecule has 1 N–H and O–H groups in total. The van der Waals surface area contributed by atoms with Crippen LogP contribution in [0.2, 0.25) is 0 Å². The van der Waals surface area contributed by atoms with E-state index >= 15 is 0 Å². The first kappa shape index (κ1) is 20.3. The molecule has 1 amide bonds. The summed E-state index contributed by atoms with van der Waals surface area (Å²) in [4.78, 5) is 22.8. The maximum Gasteiger partial charge on any atom is 0.310 e. The number of anilines is 1. The molecule has 0 aromatic heterocycles. The van der Waals surface area contributed by atoms with Gasteiger partial charge in [0, 0.05) is 25.8 Å². The van der Waals surface area contributed by atoms with Crippen molar-refractivity contribution in [1.82, 2.24) is 4.31 Å². The van der Waals surface area contributed by atoms with Gasteiger partial charge < -0.3 is 10.1 Å². The van der Waals surface area contributed by atoms with E-state index in [2.05, 4.69) is 5.32 Å². The van der Waals surface area contributed by atoms with Crippen LogP contribution in [0.5, 0.6) is 5.75 Å². The zero-order valence-electron chi connectivity index (χ0n) is 14.9. The Kier molecular flexibility index (Phi) is 6.13. The van der Waals surface area contributed by atoms with E-state index < -0.39 is 27.0 Å². The number of amides is 1. The quantitative estimate of drug-likeness (QED) is 0.569. The van der Waals surface area contributed by atoms with Crippen LogP contribution in [-0.2, 0) is 14.8 Å². The lowest BCUT2D eigenvalue weighted by Crippen LogP contribution is -2.30. The summed E-state index contributed by atoms with van der Waals surface area (Å²) in [5.74, 6) is -0.610. The van der Waals surface area contributed by atoms with E-state index in [-0.39, 0.29) is 22.0 Å². The fourth-order valence-electron chi connectivity index (χ4n) is 2.14. The molecule has 2 rings (SSSR count). The summed E-state index contributed by atoms with van der Waals surface area (Å²) in [7, 11) is -0.831. The Morgan fingerprint density at radius 2 is 1.85 bits per heavy atom. The van der Waals surface area contributed by atoms with Gasteiger partial charge in [-0.25, -0.2) is 12.7 Å². The first-order valence-corrected chi connectivity index (χ1v) is 9.30. The Balaban J connectivity index is 2.15. The second-order valence-electron chi connectivity index (χ2n) is 5.79. The molecule has 0 aliphatic heterocycles. The zero-order valence-corrected chi connectivity index (χ0v) is 15.8. The SMILES string of the molecule is C[C@@H](Oc1ccccc1[N+](=O)[O-])C(=O)Nc1cccc(S(=O)(=O)N(C)C)c1. The number of nitrogens with one attached hydrogen (secondary N) is 1. The molecule has 0 aliphatic carbocycles. The minimum absolute atomic E-state index is 0.0255. The molecule has 0 fully saturated rings. The van der Waals surface area contributed by atoms with E-state index in [0.717, 1.165) is 4.31 Å². The molecule has 0 spiro atoms. The summed E-state index contributed by atoms with van der Waals surface area (Å²) in [6.45, 7) is 1.44. The summed E-state index contributed by atoms with van der Waals surface area (Å²) in [5, 5.41) is 13.6. The van der Waals surface area contributed by atoms with Crippen LogP contribution in [-0.4, -0.2) is 43.8 Å². The fraction of sp³-hybridized carbons (Fsp3) is 0.235. The molecule has 9 nitrogen and oxygen atoms in total. The van der Waals surface area contributed by atoms with E-state index in [1.54, 1.807) is 6.07 Å². The average molecular weight is 393 g/mol. The number of rotatable bonds is 7. The molecule has 0 aliphatic rings. The van der Waals surface area contributed by atoms with Crippen molar-refractivity contribution in [2.45, 2.75) is 17.9 Å². The Hall–Kier alpha value is -2.98. The number of carbonyl (C=O) groups excluding carboxylic acids is 1. The van der Waals surface area contributed by atoms with Gasteiger partial charge in [0.2, 0.25) is 10.0 Å². The molecule has 2 aromatic rings. The minimum atomic E-state index is -3.64. The molecule has 1 atom stereocenters. The molecule has 0 radical (unpaired) electrons. The average Bonchev–Trinajstić information content (AvgIpc) is 2.62. The Bertz CT molecular complexity index is 959. The molecule has 144 valence electrons. The summed E-state index contributed by atoms with van der Waals surface area (Å²) in [6, 6.07) is 11.5. The predicted octanol–water partition coefficient (Wildman–Crippen LogP) is 2.25. The van der Waals surface area contributed by atoms with Crippen LogP contribution < -0.4 is 10.1 Å². The Morgan fingerprint density at radius 3 is 2.48 bits per heavy atom. The van der Waals surface area contributed by atoms with Gasteiger partial charge in [-0.05, 0) is 31.2 Å². The highest BCUT2D eigenvalue weighted by molar-refractivity contribution is 7.89. The van der Waals surface area contributed by atoms with Gasteiger partial charge >= 0.3 is 5.69 Å². The Labute approximate surface area is 156 Å². The van der Waals surface area contributed by atoms with Gasteiger partial charge in [-0.2, -0.15) is 0 Å². The van der Waals surface area contributed by atoms with E-state index in [1.165, 1.54) is 63.5 Å². The monoisotopic (exact) mass is 393 g/mol. The van der Waals surface area contributed by atoms with E-state index in [4.69, 9.17) is 4.74 Å². The number of carbonyl (C=O) groups is 1. The molecular formula is C17H19N3O6S. The van der Waals surface area contributed by atoms with Crippen LogP contribution in [0.4, 0.5) is 11.4 Å². The van der Waals surface area contributed by atoms with Gasteiger partial charge in [-0.15, -0.1) is 0 Å². The third-order valence-corrected chi connectivity index (χ3v) is 5.43. The lowest BCUT2D eigenvalue weighted by atomic mass is 10.2. The standard InChI is InChI=1S/C17H19N3O6S/c1-12(26-16-10-5-4-9-15(16)20(22)23)17(21)18-13-7-6-8-14(11-13)27(24,25)19(2)3/h4-12H,1-3H3,(H,18,21)/t12-/m1/s1. The van der Waals surface area contributed by atoms with Gasteiger partial charge in [0.25, 0.3) is 5.91 Å². The number of ether oxygens (including phenoxy) is 1. The van der Waals surface area contributed by atoms with Crippen LogP contribution in [0.15, 0.2) is 53.4 Å². The number of para-hydroxylation sites is 2. The number of hydrogen-bond donors (Lipinski definition) is 1. The number of nitro groups is 1. The summed E-state index contributed by atoms with van der Waals surface area (Å²) in [6.07, 6.45) is -1.04. The van der Waals surface area contributed by atoms with Crippen molar-refractivity contribution >= 4 is 27.3 Å². The molecule has 10 heteroatoms. The van der Waals surface area contributed by atoms with E-state index in [1.807, 2.05) is 0 Å². The van der Waals surface area contributed by atoms with Crippen molar-refractivity contribution in [1.29, 1.82) is 0 Å². The largest absolute Gasteiger partial charge is 0.474 e. The molecule has 0 saturated heterocycles. The first-order chi connectivity index (χ1) is 12.6. The smallest absolute Gasteiger partial charge is 0.310 e. The predicted molar refractivity (Wildman–Crippen MR) is 99.1 cm³/mol. The summed E-state index contributed by atoms with van der Waals surface area (Å²) in [5.41, 5.74) is 0.0113. The number of nitrogens with zero attached hydrogens (tertiary/aromatic N) is 2. The number of benzene rings is 2. The highest BCUT2D eigenvalue weighted by Crippen LogP contribution is 2.27. The fourth-order valence-corrected chi connectivity index (χ4v) is 3.09. The van der Waals surface area contributed by atoms with Gasteiger partial charge in [-0.1, -0.05) is 18.2 Å². The normalized spacial score (nSPS) is 12.4. The molecule has 27 heavy (non-hydrogen) atoms. The summed E-state index contributed by atoms with van der Waals surface area (Å²) < 4.78 is 30.8. The maximum absolute atomic E-state index is 12.3. The number of hydrogen-bond acceptors (Lipinski definition) is 6. The third kappa shape index (κ3) is 4.80. The van der Waals surface area contributed by atoms with Gasteiger partial charge in [-0.3, -0.25) is 14.9 Å². The molecule has 0 heterocycles. The van der Waals surface area contributed by atoms with Gasteiger partial charge in [0.15, 0.2) is 11.9 Å². The maximum atomic E-state index is 12.3. The van der Waals surface area contributed by atoms with Crippen LogP contribution in [0.3, 0.4) is 0 Å². The minimum Gasteiger partial charge on any atom is -0.474 e. The zero-order chi connectivity index (χ0) is 20.2. The van der Waals surface area contributed by atoms with Crippen molar-refractivity contribution in [2.24, 2.45) is 0 Å². The van der Waals surface area contributed by atoms with Crippen molar-refractivity contribution in [3.05, 3.63) is 58.6 Å². The highest BCUT2D eigenvalue weighted by Gasteiger charge is 2.22. The van der Waals surface area contributed by atoms with Crippen LogP contribution in [0.1, 0.15) is 6.92 Å². The first-order valence-electron chi connectivity index (χ1n) is 7.86. The second kappa shape index (κ2) is 8.14. The highest BCUT2D eigenvalue weighted by atomic mass is 32.2. The van der Waals surface area contributed by atoms with Crippen LogP contribution in [0, 0.1) is 10.1 Å². The summed E-state index contributed by atoms with van der Waals surface area (Å²) >= 11 is 0. The van der Waals surface area contributed by atoms with Crippen LogP contribution >= 0.6 is 0 Å².